The Labute approximate surface area is 157 Å². The predicted molar refractivity (Wildman–Crippen MR) is 107 cm³/mol. The van der Waals surface area contributed by atoms with Crippen molar-refractivity contribution < 1.29 is 0 Å². The van der Waals surface area contributed by atoms with Gasteiger partial charge in [0.2, 0.25) is 0 Å². The smallest absolute Gasteiger partial charge is 0.0968 e. The average molecular weight is 351 g/mol. The van der Waals surface area contributed by atoms with Crippen molar-refractivity contribution >= 4 is 5.71 Å². The van der Waals surface area contributed by atoms with Gasteiger partial charge in [0.25, 0.3) is 0 Å². The zero-order valence-electron chi connectivity index (χ0n) is 16.1. The Morgan fingerprint density at radius 2 is 2.12 bits per heavy atom. The van der Waals surface area contributed by atoms with Crippen LogP contribution < -0.4 is 10.6 Å². The molecule has 4 nitrogen and oxygen atoms in total. The molecule has 1 atom stereocenters. The average Bonchev–Trinajstić information content (AvgIpc) is 3.43. The molecule has 0 saturated heterocycles. The van der Waals surface area contributed by atoms with Crippen LogP contribution in [-0.2, 0) is 0 Å². The van der Waals surface area contributed by atoms with Crippen LogP contribution in [0, 0.1) is 22.7 Å². The van der Waals surface area contributed by atoms with E-state index >= 15 is 0 Å². The molecule has 2 fully saturated rings. The van der Waals surface area contributed by atoms with Crippen LogP contribution in [0.5, 0.6) is 0 Å². The first kappa shape index (κ1) is 18.5. The summed E-state index contributed by atoms with van der Waals surface area (Å²) in [5.74, 6) is 0.589. The predicted octanol–water partition coefficient (Wildman–Crippen LogP) is 4.71. The van der Waals surface area contributed by atoms with Crippen LogP contribution in [0.4, 0.5) is 0 Å². The van der Waals surface area contributed by atoms with E-state index in [4.69, 9.17) is 4.99 Å². The molecular weight excluding hydrogens is 320 g/mol. The summed E-state index contributed by atoms with van der Waals surface area (Å²) >= 11 is 0. The molecule has 0 aromatic heterocycles. The first-order valence-electron chi connectivity index (χ1n) is 9.79. The van der Waals surface area contributed by atoms with E-state index in [1.54, 1.807) is 0 Å². The van der Waals surface area contributed by atoms with E-state index in [2.05, 4.69) is 42.9 Å². The third-order valence-electron chi connectivity index (χ3n) is 5.98. The van der Waals surface area contributed by atoms with E-state index in [0.717, 1.165) is 54.1 Å². The molecule has 0 radical (unpaired) electrons. The molecule has 0 amide bonds. The lowest BCUT2D eigenvalue weighted by Crippen LogP contribution is -2.43. The molecule has 138 valence electrons. The third-order valence-corrected chi connectivity index (χ3v) is 5.98. The number of rotatable bonds is 6. The Hall–Kier alpha value is -2.28. The van der Waals surface area contributed by atoms with Gasteiger partial charge in [-0.25, -0.2) is 0 Å². The van der Waals surface area contributed by atoms with Gasteiger partial charge in [-0.2, -0.15) is 5.26 Å². The molecule has 0 bridgehead atoms. The lowest BCUT2D eigenvalue weighted by Gasteiger charge is -2.37. The molecule has 3 aliphatic rings. The molecule has 2 aliphatic carbocycles. The molecule has 0 aromatic carbocycles. The normalized spacial score (nSPS) is 25.3. The van der Waals surface area contributed by atoms with Crippen molar-refractivity contribution in [2.75, 3.05) is 0 Å². The highest BCUT2D eigenvalue weighted by atomic mass is 15.0. The van der Waals surface area contributed by atoms with Crippen molar-refractivity contribution in [3.63, 3.8) is 0 Å². The SMILES string of the molecule is C=C(NC(C)C1(C#N)CCCCC1)C1=CNC(=C)/C1=N\C(=C/C)C1CC1. The number of hydrogen-bond acceptors (Lipinski definition) is 4. The quantitative estimate of drug-likeness (QED) is 0.729. The molecule has 3 rings (SSSR count). The number of hydrogen-bond donors (Lipinski definition) is 2. The van der Waals surface area contributed by atoms with Gasteiger partial charge in [-0.05, 0) is 39.5 Å². The van der Waals surface area contributed by atoms with Gasteiger partial charge in [0.15, 0.2) is 0 Å². The minimum absolute atomic E-state index is 0.0564. The van der Waals surface area contributed by atoms with Crippen LogP contribution in [0.15, 0.2) is 53.1 Å². The number of nitrogens with one attached hydrogen (secondary N) is 2. The van der Waals surface area contributed by atoms with Gasteiger partial charge in [0.1, 0.15) is 0 Å². The zero-order chi connectivity index (χ0) is 18.7. The number of nitrogens with zero attached hydrogens (tertiary/aromatic N) is 2. The van der Waals surface area contributed by atoms with E-state index in [1.807, 2.05) is 13.1 Å². The largest absolute Gasteiger partial charge is 0.381 e. The molecule has 1 unspecified atom stereocenters. The van der Waals surface area contributed by atoms with Gasteiger partial charge in [-0.3, -0.25) is 4.99 Å². The zero-order valence-corrected chi connectivity index (χ0v) is 16.1. The van der Waals surface area contributed by atoms with Gasteiger partial charge in [-0.15, -0.1) is 0 Å². The summed E-state index contributed by atoms with van der Waals surface area (Å²) in [5, 5.41) is 16.5. The van der Waals surface area contributed by atoms with E-state index in [1.165, 1.54) is 19.3 Å². The summed E-state index contributed by atoms with van der Waals surface area (Å²) in [7, 11) is 0. The Balaban J connectivity index is 1.75. The maximum Gasteiger partial charge on any atom is 0.0968 e. The fraction of sp³-hybridized carbons (Fsp3) is 0.545. The molecule has 4 heteroatoms. The molecule has 0 spiro atoms. The van der Waals surface area contributed by atoms with Gasteiger partial charge in [-0.1, -0.05) is 38.5 Å². The highest BCUT2D eigenvalue weighted by Crippen LogP contribution is 2.40. The highest BCUT2D eigenvalue weighted by molar-refractivity contribution is 6.16. The maximum atomic E-state index is 9.81. The van der Waals surface area contributed by atoms with Gasteiger partial charge in [0, 0.05) is 35.1 Å². The van der Waals surface area contributed by atoms with Gasteiger partial charge >= 0.3 is 0 Å². The first-order valence-corrected chi connectivity index (χ1v) is 9.79. The molecule has 1 aliphatic heterocycles. The lowest BCUT2D eigenvalue weighted by molar-refractivity contribution is 0.209. The Kier molecular flexibility index (Phi) is 5.36. The molecule has 2 N–H and O–H groups in total. The topological polar surface area (TPSA) is 60.2 Å². The van der Waals surface area contributed by atoms with Crippen LogP contribution in [0.1, 0.15) is 58.8 Å². The van der Waals surface area contributed by atoms with Gasteiger partial charge < -0.3 is 10.6 Å². The van der Waals surface area contributed by atoms with Crippen LogP contribution >= 0.6 is 0 Å². The Bertz CT molecular complexity index is 722. The highest BCUT2D eigenvalue weighted by Gasteiger charge is 2.38. The monoisotopic (exact) mass is 350 g/mol. The fourth-order valence-corrected chi connectivity index (χ4v) is 4.02. The van der Waals surface area contributed by atoms with Crippen LogP contribution in [0.2, 0.25) is 0 Å². The molecule has 1 heterocycles. The minimum atomic E-state index is -0.301. The number of aliphatic imine (C=N–C) groups is 1. The number of allylic oxidation sites excluding steroid dienone is 4. The molecule has 26 heavy (non-hydrogen) atoms. The summed E-state index contributed by atoms with van der Waals surface area (Å²) in [6.07, 6.45) is 11.9. The van der Waals surface area contributed by atoms with Crippen molar-refractivity contribution in [3.8, 4) is 6.07 Å². The van der Waals surface area contributed by atoms with Gasteiger partial charge in [0.05, 0.1) is 22.9 Å². The third kappa shape index (κ3) is 3.62. The van der Waals surface area contributed by atoms with Crippen molar-refractivity contribution in [2.45, 2.75) is 64.8 Å². The summed E-state index contributed by atoms with van der Waals surface area (Å²) in [4.78, 5) is 4.88. The summed E-state index contributed by atoms with van der Waals surface area (Å²) in [6, 6.07) is 2.66. The van der Waals surface area contributed by atoms with Crippen LogP contribution in [-0.4, -0.2) is 11.8 Å². The standard InChI is InChI=1S/C22H30N4/c1-5-20(18-9-10-18)26-21-16(3)24-13-19(21)15(2)25-17(4)22(14-23)11-7-6-8-12-22/h5,13,17-18,24-25H,2-3,6-12H2,1,4H3/b20-5-,26-21+. The van der Waals surface area contributed by atoms with Crippen LogP contribution in [0.25, 0.3) is 0 Å². The summed E-state index contributed by atoms with van der Waals surface area (Å²) < 4.78 is 0. The Morgan fingerprint density at radius 1 is 1.42 bits per heavy atom. The minimum Gasteiger partial charge on any atom is -0.381 e. The van der Waals surface area contributed by atoms with E-state index < -0.39 is 0 Å². The molecular formula is C22H30N4. The van der Waals surface area contributed by atoms with E-state index in [9.17, 15) is 5.26 Å². The van der Waals surface area contributed by atoms with E-state index in [-0.39, 0.29) is 11.5 Å². The first-order chi connectivity index (χ1) is 12.5. The van der Waals surface area contributed by atoms with Crippen LogP contribution in [0.3, 0.4) is 0 Å². The second-order valence-corrected chi connectivity index (χ2v) is 7.80. The van der Waals surface area contributed by atoms with E-state index in [0.29, 0.717) is 5.92 Å². The molecule has 2 saturated carbocycles. The van der Waals surface area contributed by atoms with Crippen molar-refractivity contribution in [3.05, 3.63) is 48.1 Å². The summed E-state index contributed by atoms with van der Waals surface area (Å²) in [6.45, 7) is 12.5. The summed E-state index contributed by atoms with van der Waals surface area (Å²) in [5.41, 5.74) is 4.27. The maximum absolute atomic E-state index is 9.81. The Morgan fingerprint density at radius 3 is 2.69 bits per heavy atom. The van der Waals surface area contributed by atoms with Crippen molar-refractivity contribution in [1.82, 2.24) is 10.6 Å². The fourth-order valence-electron chi connectivity index (χ4n) is 4.02. The second-order valence-electron chi connectivity index (χ2n) is 7.80. The number of nitriles is 1. The second kappa shape index (κ2) is 7.53. The van der Waals surface area contributed by atoms with Crippen molar-refractivity contribution in [1.29, 1.82) is 5.26 Å². The lowest BCUT2D eigenvalue weighted by atomic mass is 9.70. The van der Waals surface area contributed by atoms with Crippen molar-refractivity contribution in [2.24, 2.45) is 16.3 Å². The molecule has 0 aromatic rings.